The van der Waals surface area contributed by atoms with E-state index in [1.165, 1.54) is 22.6 Å². The molecule has 1 N–H and O–H groups in total. The van der Waals surface area contributed by atoms with Gasteiger partial charge in [-0.3, -0.25) is 14.4 Å². The minimum absolute atomic E-state index is 0.0939. The summed E-state index contributed by atoms with van der Waals surface area (Å²) >= 11 is 0. The molecule has 0 radical (unpaired) electrons. The van der Waals surface area contributed by atoms with Gasteiger partial charge in [-0.1, -0.05) is 0 Å². The van der Waals surface area contributed by atoms with Crippen molar-refractivity contribution in [3.05, 3.63) is 40.6 Å². The summed E-state index contributed by atoms with van der Waals surface area (Å²) in [4.78, 5) is 42.9. The smallest absolute Gasteiger partial charge is 0.263 e. The number of hydrogen-bond donors (Lipinski definition) is 1. The Balaban J connectivity index is 1.86. The highest BCUT2D eigenvalue weighted by atomic mass is 32.2. The number of nitrogens with one attached hydrogen (secondary N) is 1. The second-order valence-corrected chi connectivity index (χ2v) is 9.91. The molecular formula is C21H23N5O6S. The molecule has 0 aliphatic carbocycles. The van der Waals surface area contributed by atoms with Crippen molar-refractivity contribution >= 4 is 44.3 Å². The summed E-state index contributed by atoms with van der Waals surface area (Å²) in [6.07, 6.45) is 4.20. The number of nitrogens with zero attached hydrogens (tertiary/aromatic N) is 4. The Kier molecular flexibility index (Phi) is 5.58. The second-order valence-electron chi connectivity index (χ2n) is 7.92. The molecular weight excluding hydrogens is 450 g/mol. The fourth-order valence-electron chi connectivity index (χ4n) is 3.96. The summed E-state index contributed by atoms with van der Waals surface area (Å²) in [5.41, 5.74) is 1.52. The Morgan fingerprint density at radius 1 is 1.24 bits per heavy atom. The van der Waals surface area contributed by atoms with Gasteiger partial charge in [0.15, 0.2) is 5.58 Å². The molecule has 11 nitrogen and oxygen atoms in total. The molecule has 0 spiro atoms. The third-order valence-electron chi connectivity index (χ3n) is 5.45. The normalized spacial score (nSPS) is 15.3. The SMILES string of the molecule is CC(=O)Nc1cc(-c2cn(C)c(=O)c3c(N4CCN(S(C)(=O)=O)CC4=O)c(C)oc23)ccn1. The third kappa shape index (κ3) is 4.14. The first kappa shape index (κ1) is 22.7. The van der Waals surface area contributed by atoms with Crippen LogP contribution in [0.3, 0.4) is 0 Å². The van der Waals surface area contributed by atoms with Crippen molar-refractivity contribution in [2.75, 3.05) is 36.1 Å². The van der Waals surface area contributed by atoms with Gasteiger partial charge >= 0.3 is 0 Å². The number of aromatic nitrogens is 2. The van der Waals surface area contributed by atoms with Crippen LogP contribution in [0.4, 0.5) is 11.5 Å². The number of fused-ring (bicyclic) bond motifs is 1. The van der Waals surface area contributed by atoms with Crippen LogP contribution in [0.15, 0.2) is 33.7 Å². The topological polar surface area (TPSA) is 135 Å². The zero-order valence-corrected chi connectivity index (χ0v) is 19.4. The predicted octanol–water partition coefficient (Wildman–Crippen LogP) is 1.07. The van der Waals surface area contributed by atoms with Crippen molar-refractivity contribution < 1.29 is 22.4 Å². The Hall–Kier alpha value is -3.51. The van der Waals surface area contributed by atoms with Crippen molar-refractivity contribution in [1.82, 2.24) is 13.9 Å². The Bertz CT molecular complexity index is 1460. The molecule has 0 aromatic carbocycles. The van der Waals surface area contributed by atoms with E-state index in [2.05, 4.69) is 10.3 Å². The van der Waals surface area contributed by atoms with Gasteiger partial charge in [0.1, 0.15) is 17.0 Å². The fourth-order valence-corrected chi connectivity index (χ4v) is 4.72. The highest BCUT2D eigenvalue weighted by Crippen LogP contribution is 2.37. The number of sulfonamides is 1. The Morgan fingerprint density at radius 2 is 1.97 bits per heavy atom. The first-order valence-corrected chi connectivity index (χ1v) is 11.9. The van der Waals surface area contributed by atoms with E-state index in [9.17, 15) is 22.8 Å². The number of carbonyl (C=O) groups excluding carboxylic acids is 2. The first-order chi connectivity index (χ1) is 15.5. The average molecular weight is 474 g/mol. The lowest BCUT2D eigenvalue weighted by molar-refractivity contribution is -0.120. The average Bonchev–Trinajstić information content (AvgIpc) is 3.06. The van der Waals surface area contributed by atoms with Gasteiger partial charge in [-0.05, 0) is 24.6 Å². The lowest BCUT2D eigenvalue weighted by Gasteiger charge is -2.32. The maximum absolute atomic E-state index is 13.1. The molecule has 0 bridgehead atoms. The van der Waals surface area contributed by atoms with Crippen molar-refractivity contribution in [3.63, 3.8) is 0 Å². The maximum Gasteiger partial charge on any atom is 0.263 e. The number of piperazine rings is 1. The highest BCUT2D eigenvalue weighted by molar-refractivity contribution is 7.88. The predicted molar refractivity (Wildman–Crippen MR) is 122 cm³/mol. The number of hydrogen-bond acceptors (Lipinski definition) is 7. The van der Waals surface area contributed by atoms with Crippen LogP contribution in [0.1, 0.15) is 12.7 Å². The van der Waals surface area contributed by atoms with Gasteiger partial charge in [-0.15, -0.1) is 0 Å². The molecule has 174 valence electrons. The molecule has 0 unspecified atom stereocenters. The van der Waals surface area contributed by atoms with E-state index >= 15 is 0 Å². The van der Waals surface area contributed by atoms with E-state index in [4.69, 9.17) is 4.42 Å². The summed E-state index contributed by atoms with van der Waals surface area (Å²) in [7, 11) is -1.92. The van der Waals surface area contributed by atoms with Crippen molar-refractivity contribution in [2.24, 2.45) is 7.05 Å². The highest BCUT2D eigenvalue weighted by Gasteiger charge is 2.34. The minimum Gasteiger partial charge on any atom is -0.458 e. The molecule has 12 heteroatoms. The van der Waals surface area contributed by atoms with Crippen LogP contribution in [-0.4, -0.2) is 60.0 Å². The summed E-state index contributed by atoms with van der Waals surface area (Å²) in [6, 6.07) is 3.38. The van der Waals surface area contributed by atoms with E-state index in [-0.39, 0.29) is 36.5 Å². The van der Waals surface area contributed by atoms with Crippen molar-refractivity contribution in [1.29, 1.82) is 0 Å². The zero-order valence-electron chi connectivity index (χ0n) is 18.6. The van der Waals surface area contributed by atoms with Crippen molar-refractivity contribution in [2.45, 2.75) is 13.8 Å². The van der Waals surface area contributed by atoms with Gasteiger partial charge in [-0.25, -0.2) is 13.4 Å². The summed E-state index contributed by atoms with van der Waals surface area (Å²) < 4.78 is 32.2. The van der Waals surface area contributed by atoms with Gasteiger partial charge < -0.3 is 19.2 Å². The Labute approximate surface area is 189 Å². The molecule has 0 saturated carbocycles. The van der Waals surface area contributed by atoms with Crippen LogP contribution in [0.2, 0.25) is 0 Å². The molecule has 1 aliphatic heterocycles. The largest absolute Gasteiger partial charge is 0.458 e. The number of carbonyl (C=O) groups is 2. The first-order valence-electron chi connectivity index (χ1n) is 10.1. The molecule has 2 amide bonds. The Morgan fingerprint density at radius 3 is 2.61 bits per heavy atom. The quantitative estimate of drug-likeness (QED) is 0.599. The van der Waals surface area contributed by atoms with Crippen LogP contribution in [0.25, 0.3) is 22.1 Å². The number of furan rings is 1. The number of rotatable bonds is 4. The van der Waals surface area contributed by atoms with Crippen LogP contribution >= 0.6 is 0 Å². The van der Waals surface area contributed by atoms with Gasteiger partial charge in [-0.2, -0.15) is 4.31 Å². The van der Waals surface area contributed by atoms with Crippen molar-refractivity contribution in [3.8, 4) is 11.1 Å². The van der Waals surface area contributed by atoms with Crippen LogP contribution in [0, 0.1) is 6.92 Å². The van der Waals surface area contributed by atoms with Crippen LogP contribution in [-0.2, 0) is 26.7 Å². The molecule has 33 heavy (non-hydrogen) atoms. The molecule has 4 heterocycles. The van der Waals surface area contributed by atoms with E-state index in [1.807, 2.05) is 0 Å². The molecule has 3 aromatic rings. The van der Waals surface area contributed by atoms with Crippen LogP contribution < -0.4 is 15.8 Å². The summed E-state index contributed by atoms with van der Waals surface area (Å²) in [5, 5.41) is 2.85. The summed E-state index contributed by atoms with van der Waals surface area (Å²) in [6.45, 7) is 2.93. The number of pyridine rings is 2. The standard InChI is InChI=1S/C21H23N5O6S/c1-12-19(26-8-7-25(11-17(26)28)33(4,30)31)18-20(32-12)15(10-24(3)21(18)29)14-5-6-22-16(9-14)23-13(2)27/h5-6,9-10H,7-8,11H2,1-4H3,(H,22,23,27). The molecule has 1 fully saturated rings. The molecule has 4 rings (SSSR count). The maximum atomic E-state index is 13.1. The molecule has 1 saturated heterocycles. The minimum atomic E-state index is -3.51. The zero-order chi connectivity index (χ0) is 24.1. The summed E-state index contributed by atoms with van der Waals surface area (Å²) in [5.74, 6) is -0.000603. The second kappa shape index (κ2) is 8.12. The van der Waals surface area contributed by atoms with Gasteiger partial charge in [0, 0.05) is 45.0 Å². The molecule has 1 aliphatic rings. The fraction of sp³-hybridized carbons (Fsp3) is 0.333. The molecule has 3 aromatic heterocycles. The van der Waals surface area contributed by atoms with E-state index < -0.39 is 15.9 Å². The van der Waals surface area contributed by atoms with Crippen LogP contribution in [0.5, 0.6) is 0 Å². The number of anilines is 2. The van der Waals surface area contributed by atoms with Gasteiger partial charge in [0.2, 0.25) is 21.8 Å². The van der Waals surface area contributed by atoms with Gasteiger partial charge in [0.05, 0.1) is 18.5 Å². The monoisotopic (exact) mass is 473 g/mol. The number of amides is 2. The van der Waals surface area contributed by atoms with E-state index in [1.54, 1.807) is 32.3 Å². The number of aryl methyl sites for hydroxylation is 2. The van der Waals surface area contributed by atoms with E-state index in [0.717, 1.165) is 10.6 Å². The van der Waals surface area contributed by atoms with Gasteiger partial charge in [0.25, 0.3) is 5.56 Å². The third-order valence-corrected chi connectivity index (χ3v) is 6.70. The lowest BCUT2D eigenvalue weighted by Crippen LogP contribution is -2.52. The lowest BCUT2D eigenvalue weighted by atomic mass is 10.1. The molecule has 0 atom stereocenters. The van der Waals surface area contributed by atoms with E-state index in [0.29, 0.717) is 34.0 Å².